The summed E-state index contributed by atoms with van der Waals surface area (Å²) in [5, 5.41) is 38.0. The molecule has 4 N–H and O–H groups in total. The molecule has 0 bridgehead atoms. The van der Waals surface area contributed by atoms with E-state index in [1.165, 1.54) is 17.7 Å². The number of aromatic hydroxyl groups is 1. The van der Waals surface area contributed by atoms with Gasteiger partial charge >= 0.3 is 0 Å². The van der Waals surface area contributed by atoms with Crippen LogP contribution in [-0.2, 0) is 4.74 Å². The third-order valence-corrected chi connectivity index (χ3v) is 3.14. The molecule has 100 valence electrons. The zero-order valence-corrected chi connectivity index (χ0v) is 9.72. The Hall–Kier alpha value is -1.41. The molecule has 0 aliphatic carbocycles. The molecule has 1 aliphatic heterocycles. The van der Waals surface area contributed by atoms with Crippen molar-refractivity contribution < 1.29 is 25.2 Å². The van der Waals surface area contributed by atoms with Crippen LogP contribution in [0.1, 0.15) is 11.9 Å². The fraction of sp³-hybridized carbons (Fsp3) is 0.545. The minimum atomic E-state index is -1.25. The van der Waals surface area contributed by atoms with Gasteiger partial charge in [0.05, 0.1) is 12.3 Å². The van der Waals surface area contributed by atoms with Gasteiger partial charge in [0.1, 0.15) is 18.3 Å². The third kappa shape index (κ3) is 1.91. The molecule has 0 unspecified atom stereocenters. The van der Waals surface area contributed by atoms with Gasteiger partial charge in [-0.2, -0.15) is 0 Å². The zero-order valence-electron chi connectivity index (χ0n) is 9.72. The van der Waals surface area contributed by atoms with Crippen molar-refractivity contribution in [2.24, 2.45) is 0 Å². The Labute approximate surface area is 102 Å². The Morgan fingerprint density at radius 1 is 1.39 bits per heavy atom. The van der Waals surface area contributed by atoms with Crippen LogP contribution < -0.4 is 5.43 Å². The van der Waals surface area contributed by atoms with Crippen molar-refractivity contribution in [2.45, 2.75) is 31.5 Å². The smallest absolute Gasteiger partial charge is 0.223 e. The summed E-state index contributed by atoms with van der Waals surface area (Å²) in [4.78, 5) is 11.2. The van der Waals surface area contributed by atoms with Gasteiger partial charge in [-0.1, -0.05) is 0 Å². The monoisotopic (exact) mass is 257 g/mol. The van der Waals surface area contributed by atoms with E-state index in [0.29, 0.717) is 0 Å². The van der Waals surface area contributed by atoms with Crippen LogP contribution in [0.5, 0.6) is 5.75 Å². The van der Waals surface area contributed by atoms with E-state index >= 15 is 0 Å². The summed E-state index contributed by atoms with van der Waals surface area (Å²) in [6.45, 7) is 1.06. The Balaban J connectivity index is 2.39. The highest BCUT2D eigenvalue weighted by molar-refractivity contribution is 5.25. The second kappa shape index (κ2) is 4.69. The maximum absolute atomic E-state index is 11.2. The quantitative estimate of drug-likeness (QED) is 0.511. The zero-order chi connectivity index (χ0) is 13.4. The molecule has 7 heteroatoms. The second-order valence-electron chi connectivity index (χ2n) is 4.25. The first kappa shape index (κ1) is 13.0. The first-order chi connectivity index (χ1) is 8.47. The number of pyridine rings is 1. The first-order valence-electron chi connectivity index (χ1n) is 5.50. The molecule has 0 radical (unpaired) electrons. The number of aromatic nitrogens is 1. The Kier molecular flexibility index (Phi) is 3.40. The van der Waals surface area contributed by atoms with Crippen molar-refractivity contribution in [3.63, 3.8) is 0 Å². The number of hydrogen-bond donors (Lipinski definition) is 4. The summed E-state index contributed by atoms with van der Waals surface area (Å²) in [5.41, 5.74) is -0.312. The number of ether oxygens (including phenoxy) is 1. The van der Waals surface area contributed by atoms with Crippen LogP contribution in [0.3, 0.4) is 0 Å². The SMILES string of the molecule is Cc1c(O)c(=O)ccn1[C@@H]1O[C@@H](CO)[C@@H](O)[C@@H]1O. The molecule has 7 nitrogen and oxygen atoms in total. The van der Waals surface area contributed by atoms with Crippen molar-refractivity contribution >= 4 is 0 Å². The lowest BCUT2D eigenvalue weighted by atomic mass is 10.1. The van der Waals surface area contributed by atoms with E-state index in [1.807, 2.05) is 0 Å². The number of aliphatic hydroxyl groups is 3. The summed E-state index contributed by atoms with van der Waals surface area (Å²) in [5.74, 6) is -0.435. The summed E-state index contributed by atoms with van der Waals surface area (Å²) >= 11 is 0. The molecule has 2 heterocycles. The van der Waals surface area contributed by atoms with Crippen LogP contribution in [0.2, 0.25) is 0 Å². The van der Waals surface area contributed by atoms with E-state index in [2.05, 4.69) is 0 Å². The Morgan fingerprint density at radius 3 is 2.61 bits per heavy atom. The van der Waals surface area contributed by atoms with Crippen LogP contribution >= 0.6 is 0 Å². The number of aliphatic hydroxyl groups excluding tert-OH is 3. The van der Waals surface area contributed by atoms with Crippen molar-refractivity contribution in [3.8, 4) is 5.75 Å². The molecule has 1 aliphatic rings. The standard InChI is InChI=1S/C11H15NO6/c1-5-8(15)6(14)2-3-12(5)11-10(17)9(16)7(4-13)18-11/h2-3,7,9-11,13,15-17H,4H2,1H3/t7-,9+,10-,11+/m0/s1. The summed E-state index contributed by atoms with van der Waals surface area (Å²) in [7, 11) is 0. The lowest BCUT2D eigenvalue weighted by Gasteiger charge is -2.21. The molecule has 0 aromatic carbocycles. The number of rotatable bonds is 2. The molecule has 1 fully saturated rings. The summed E-state index contributed by atoms with van der Waals surface area (Å²) in [6, 6.07) is 1.14. The van der Waals surface area contributed by atoms with Crippen LogP contribution in [0.4, 0.5) is 0 Å². The van der Waals surface area contributed by atoms with Crippen LogP contribution in [0.25, 0.3) is 0 Å². The average Bonchev–Trinajstić information content (AvgIpc) is 2.64. The van der Waals surface area contributed by atoms with E-state index in [9.17, 15) is 20.1 Å². The van der Waals surface area contributed by atoms with Crippen LogP contribution in [0, 0.1) is 6.92 Å². The molecule has 0 amide bonds. The van der Waals surface area contributed by atoms with E-state index < -0.39 is 42.3 Å². The van der Waals surface area contributed by atoms with Gasteiger partial charge < -0.3 is 29.7 Å². The fourth-order valence-electron chi connectivity index (χ4n) is 2.02. The largest absolute Gasteiger partial charge is 0.503 e. The van der Waals surface area contributed by atoms with Gasteiger partial charge in [0.25, 0.3) is 0 Å². The fourth-order valence-corrected chi connectivity index (χ4v) is 2.02. The molecule has 1 saturated heterocycles. The molecular weight excluding hydrogens is 242 g/mol. The normalized spacial score (nSPS) is 31.8. The number of hydrogen-bond acceptors (Lipinski definition) is 6. The van der Waals surface area contributed by atoms with Gasteiger partial charge in [0, 0.05) is 12.3 Å². The maximum Gasteiger partial charge on any atom is 0.223 e. The Morgan fingerprint density at radius 2 is 2.06 bits per heavy atom. The van der Waals surface area contributed by atoms with E-state index in [0.717, 1.165) is 6.07 Å². The second-order valence-corrected chi connectivity index (χ2v) is 4.25. The highest BCUT2D eigenvalue weighted by atomic mass is 16.6. The topological polar surface area (TPSA) is 112 Å². The van der Waals surface area contributed by atoms with E-state index in [4.69, 9.17) is 9.84 Å². The van der Waals surface area contributed by atoms with Crippen molar-refractivity contribution in [2.75, 3.05) is 6.61 Å². The molecule has 4 atom stereocenters. The minimum absolute atomic E-state index is 0.220. The molecule has 1 aromatic rings. The maximum atomic E-state index is 11.2. The van der Waals surface area contributed by atoms with Gasteiger partial charge in [-0.05, 0) is 6.92 Å². The van der Waals surface area contributed by atoms with Gasteiger partial charge in [0.2, 0.25) is 5.43 Å². The van der Waals surface area contributed by atoms with Gasteiger partial charge in [-0.15, -0.1) is 0 Å². The lowest BCUT2D eigenvalue weighted by Crippen LogP contribution is -2.33. The lowest BCUT2D eigenvalue weighted by molar-refractivity contribution is -0.0541. The van der Waals surface area contributed by atoms with Gasteiger partial charge in [-0.25, -0.2) is 0 Å². The van der Waals surface area contributed by atoms with E-state index in [1.54, 1.807) is 0 Å². The predicted molar refractivity (Wildman–Crippen MR) is 60.1 cm³/mol. The molecule has 1 aromatic heterocycles. The van der Waals surface area contributed by atoms with Crippen molar-refractivity contribution in [3.05, 3.63) is 28.2 Å². The number of nitrogens with zero attached hydrogens (tertiary/aromatic N) is 1. The Bertz CT molecular complexity index is 499. The van der Waals surface area contributed by atoms with Gasteiger partial charge in [0.15, 0.2) is 12.0 Å². The molecular formula is C11H15NO6. The summed E-state index contributed by atoms with van der Waals surface area (Å²) in [6.07, 6.45) is -2.96. The van der Waals surface area contributed by atoms with Crippen molar-refractivity contribution in [1.82, 2.24) is 4.57 Å². The molecule has 18 heavy (non-hydrogen) atoms. The minimum Gasteiger partial charge on any atom is -0.503 e. The highest BCUT2D eigenvalue weighted by Gasteiger charge is 2.43. The van der Waals surface area contributed by atoms with Crippen molar-refractivity contribution in [1.29, 1.82) is 0 Å². The van der Waals surface area contributed by atoms with E-state index in [-0.39, 0.29) is 5.69 Å². The molecule has 2 rings (SSSR count). The van der Waals surface area contributed by atoms with Gasteiger partial charge in [-0.3, -0.25) is 4.79 Å². The summed E-state index contributed by atoms with van der Waals surface area (Å²) < 4.78 is 6.64. The third-order valence-electron chi connectivity index (χ3n) is 3.14. The van der Waals surface area contributed by atoms with Crippen LogP contribution in [0.15, 0.2) is 17.1 Å². The molecule has 0 spiro atoms. The first-order valence-corrected chi connectivity index (χ1v) is 5.50. The van der Waals surface area contributed by atoms with Crippen LogP contribution in [-0.4, -0.2) is 49.9 Å². The highest BCUT2D eigenvalue weighted by Crippen LogP contribution is 2.30. The molecule has 0 saturated carbocycles. The average molecular weight is 257 g/mol. The predicted octanol–water partition coefficient (Wildman–Crippen LogP) is -1.53.